The Morgan fingerprint density at radius 3 is 2.43 bits per heavy atom. The maximum atomic E-state index is 12.4. The van der Waals surface area contributed by atoms with Crippen LogP contribution in [0.3, 0.4) is 0 Å². The Labute approximate surface area is 167 Å². The van der Waals surface area contributed by atoms with Gasteiger partial charge in [0, 0.05) is 5.41 Å². The molecule has 1 aliphatic rings. The van der Waals surface area contributed by atoms with Gasteiger partial charge in [0.25, 0.3) is 0 Å². The molecular formula is C22H20ClF3O2. The molecule has 0 radical (unpaired) electrons. The molecule has 2 aromatic rings. The first-order valence-electron chi connectivity index (χ1n) is 8.88. The molecule has 2 nitrogen and oxygen atoms in total. The maximum Gasteiger partial charge on any atom is 0.426 e. The van der Waals surface area contributed by atoms with Crippen LogP contribution in [-0.2, 0) is 11.3 Å². The summed E-state index contributed by atoms with van der Waals surface area (Å²) in [6, 6.07) is 17.1. The second kappa shape index (κ2) is 8.84. The molecule has 1 fully saturated rings. The first-order valence-corrected chi connectivity index (χ1v) is 9.26. The summed E-state index contributed by atoms with van der Waals surface area (Å²) in [6.07, 6.45) is 1.25. The van der Waals surface area contributed by atoms with Crippen molar-refractivity contribution in [1.82, 2.24) is 0 Å². The average Bonchev–Trinajstić information content (AvgIpc) is 3.42. The third-order valence-electron chi connectivity index (χ3n) is 4.39. The lowest BCUT2D eigenvalue weighted by Crippen LogP contribution is -2.08. The van der Waals surface area contributed by atoms with E-state index in [9.17, 15) is 13.2 Å². The Balaban J connectivity index is 1.50. The zero-order valence-corrected chi connectivity index (χ0v) is 15.8. The molecular weight excluding hydrogens is 389 g/mol. The predicted molar refractivity (Wildman–Crippen MR) is 103 cm³/mol. The first-order chi connectivity index (χ1) is 13.4. The minimum absolute atomic E-state index is 0.197. The van der Waals surface area contributed by atoms with Crippen molar-refractivity contribution >= 4 is 11.6 Å². The van der Waals surface area contributed by atoms with Crippen LogP contribution >= 0.6 is 11.6 Å². The normalized spacial score (nSPS) is 16.4. The van der Waals surface area contributed by atoms with Gasteiger partial charge in [-0.2, -0.15) is 13.2 Å². The standard InChI is InChI=1S/C22H20ClF3O2/c23-20(22(24,25)26)10-5-11-21(12-13-21)16-27-15-17-6-4-9-19(14-17)28-18-7-2-1-3-8-18/h1-11,14H,12-13,15-16H2. The van der Waals surface area contributed by atoms with Gasteiger partial charge in [-0.3, -0.25) is 0 Å². The minimum atomic E-state index is -4.51. The lowest BCUT2D eigenvalue weighted by molar-refractivity contribution is -0.0845. The number of allylic oxidation sites excluding steroid dienone is 3. The number of alkyl halides is 3. The first kappa shape index (κ1) is 20.5. The molecule has 2 aromatic carbocycles. The van der Waals surface area contributed by atoms with Crippen molar-refractivity contribution in [3.05, 3.63) is 83.4 Å². The van der Waals surface area contributed by atoms with Crippen molar-refractivity contribution in [1.29, 1.82) is 0 Å². The number of hydrogen-bond donors (Lipinski definition) is 0. The molecule has 3 rings (SSSR count). The molecule has 0 amide bonds. The van der Waals surface area contributed by atoms with Crippen LogP contribution in [0.25, 0.3) is 0 Å². The summed E-state index contributed by atoms with van der Waals surface area (Å²) < 4.78 is 48.7. The van der Waals surface area contributed by atoms with Crippen LogP contribution in [0.4, 0.5) is 13.2 Å². The van der Waals surface area contributed by atoms with E-state index >= 15 is 0 Å². The zero-order valence-electron chi connectivity index (χ0n) is 15.1. The van der Waals surface area contributed by atoms with Crippen LogP contribution in [0.1, 0.15) is 18.4 Å². The largest absolute Gasteiger partial charge is 0.457 e. The van der Waals surface area contributed by atoms with Crippen molar-refractivity contribution in [3.8, 4) is 11.5 Å². The average molecular weight is 409 g/mol. The van der Waals surface area contributed by atoms with Crippen LogP contribution < -0.4 is 4.74 Å². The molecule has 148 valence electrons. The van der Waals surface area contributed by atoms with Gasteiger partial charge in [-0.1, -0.05) is 54.1 Å². The molecule has 0 N–H and O–H groups in total. The maximum absolute atomic E-state index is 12.4. The van der Waals surface area contributed by atoms with Crippen LogP contribution in [0.15, 0.2) is 77.9 Å². The van der Waals surface area contributed by atoms with Crippen molar-refractivity contribution in [3.63, 3.8) is 0 Å². The molecule has 0 bridgehead atoms. The van der Waals surface area contributed by atoms with Crippen LogP contribution in [-0.4, -0.2) is 12.8 Å². The number of hydrogen-bond acceptors (Lipinski definition) is 2. The van der Waals surface area contributed by atoms with Gasteiger partial charge in [0.2, 0.25) is 0 Å². The Hall–Kier alpha value is -2.24. The van der Waals surface area contributed by atoms with E-state index in [-0.39, 0.29) is 5.41 Å². The quantitative estimate of drug-likeness (QED) is 0.437. The minimum Gasteiger partial charge on any atom is -0.457 e. The lowest BCUT2D eigenvalue weighted by atomic mass is 10.1. The molecule has 0 saturated heterocycles. The summed E-state index contributed by atoms with van der Waals surface area (Å²) in [5.41, 5.74) is 0.769. The zero-order chi connectivity index (χ0) is 20.0. The fraction of sp³-hybridized carbons (Fsp3) is 0.273. The number of benzene rings is 2. The van der Waals surface area contributed by atoms with Crippen molar-refractivity contribution in [2.45, 2.75) is 25.6 Å². The Morgan fingerprint density at radius 1 is 1.04 bits per heavy atom. The van der Waals surface area contributed by atoms with Crippen molar-refractivity contribution in [2.75, 3.05) is 6.61 Å². The Morgan fingerprint density at radius 2 is 1.75 bits per heavy atom. The molecule has 6 heteroatoms. The summed E-state index contributed by atoms with van der Waals surface area (Å²) in [5.74, 6) is 1.48. The molecule has 0 spiro atoms. The van der Waals surface area contributed by atoms with Crippen LogP contribution in [0, 0.1) is 5.41 Å². The Bertz CT molecular complexity index is 840. The van der Waals surface area contributed by atoms with Gasteiger partial charge in [-0.15, -0.1) is 0 Å². The van der Waals surface area contributed by atoms with E-state index in [2.05, 4.69) is 0 Å². The van der Waals surface area contributed by atoms with E-state index in [1.807, 2.05) is 54.6 Å². The van der Waals surface area contributed by atoms with Gasteiger partial charge in [-0.25, -0.2) is 0 Å². The number of halogens is 4. The smallest absolute Gasteiger partial charge is 0.426 e. The third-order valence-corrected chi connectivity index (χ3v) is 4.73. The second-order valence-corrected chi connectivity index (χ2v) is 7.20. The van der Waals surface area contributed by atoms with Crippen molar-refractivity contribution < 1.29 is 22.6 Å². The van der Waals surface area contributed by atoms with Crippen LogP contribution in [0.5, 0.6) is 11.5 Å². The van der Waals surface area contributed by atoms with E-state index in [1.54, 1.807) is 6.08 Å². The second-order valence-electron chi connectivity index (χ2n) is 6.79. The van der Waals surface area contributed by atoms with Crippen LogP contribution in [0.2, 0.25) is 0 Å². The molecule has 0 aromatic heterocycles. The van der Waals surface area contributed by atoms with E-state index in [1.165, 1.54) is 6.08 Å². The fourth-order valence-electron chi connectivity index (χ4n) is 2.65. The van der Waals surface area contributed by atoms with E-state index in [4.69, 9.17) is 21.1 Å². The summed E-state index contributed by atoms with van der Waals surface area (Å²) in [5, 5.41) is -1.13. The fourth-order valence-corrected chi connectivity index (χ4v) is 2.72. The molecule has 0 unspecified atom stereocenters. The highest BCUT2D eigenvalue weighted by molar-refractivity contribution is 6.30. The molecule has 0 heterocycles. The third kappa shape index (κ3) is 6.14. The van der Waals surface area contributed by atoms with E-state index in [0.717, 1.165) is 36.0 Å². The predicted octanol–water partition coefficient (Wildman–Crippen LogP) is 7.02. The van der Waals surface area contributed by atoms with Gasteiger partial charge in [-0.05, 0) is 48.7 Å². The molecule has 1 saturated carbocycles. The highest BCUT2D eigenvalue weighted by atomic mass is 35.5. The van der Waals surface area contributed by atoms with E-state index in [0.29, 0.717) is 13.2 Å². The molecule has 1 aliphatic carbocycles. The number of ether oxygens (including phenoxy) is 2. The van der Waals surface area contributed by atoms with Gasteiger partial charge >= 0.3 is 6.18 Å². The highest BCUT2D eigenvalue weighted by Gasteiger charge is 2.40. The summed E-state index contributed by atoms with van der Waals surface area (Å²) in [7, 11) is 0. The molecule has 0 aliphatic heterocycles. The van der Waals surface area contributed by atoms with Gasteiger partial charge in [0.1, 0.15) is 16.5 Å². The number of para-hydroxylation sites is 1. The summed E-state index contributed by atoms with van der Waals surface area (Å²) >= 11 is 5.21. The molecule has 0 atom stereocenters. The Kier molecular flexibility index (Phi) is 6.47. The van der Waals surface area contributed by atoms with Gasteiger partial charge in [0.05, 0.1) is 13.2 Å². The topological polar surface area (TPSA) is 18.5 Å². The van der Waals surface area contributed by atoms with Gasteiger partial charge in [0.15, 0.2) is 0 Å². The highest BCUT2D eigenvalue weighted by Crippen LogP contribution is 2.47. The lowest BCUT2D eigenvalue weighted by Gasteiger charge is -2.12. The SMILES string of the molecule is FC(F)(F)C(Cl)=CC=CC1(COCc2cccc(Oc3ccccc3)c2)CC1. The van der Waals surface area contributed by atoms with E-state index < -0.39 is 11.2 Å². The van der Waals surface area contributed by atoms with Crippen molar-refractivity contribution in [2.24, 2.45) is 5.41 Å². The van der Waals surface area contributed by atoms with Gasteiger partial charge < -0.3 is 9.47 Å². The monoisotopic (exact) mass is 408 g/mol. The summed E-state index contributed by atoms with van der Waals surface area (Å²) in [4.78, 5) is 0. The number of rotatable bonds is 8. The molecule has 28 heavy (non-hydrogen) atoms. The summed E-state index contributed by atoms with van der Waals surface area (Å²) in [6.45, 7) is 0.853.